The summed E-state index contributed by atoms with van der Waals surface area (Å²) in [5, 5.41) is 2.36. The normalized spacial score (nSPS) is 17.7. The molecule has 7 heavy (non-hydrogen) atoms. The summed E-state index contributed by atoms with van der Waals surface area (Å²) in [6.07, 6.45) is 0. The van der Waals surface area contributed by atoms with Crippen molar-refractivity contribution >= 4 is 6.03 Å². The van der Waals surface area contributed by atoms with E-state index in [1.165, 1.54) is 0 Å². The lowest BCUT2D eigenvalue weighted by Crippen LogP contribution is -2.25. The van der Waals surface area contributed by atoms with Gasteiger partial charge in [0.25, 0.3) is 0 Å². The van der Waals surface area contributed by atoms with E-state index < -0.39 is 0 Å². The van der Waals surface area contributed by atoms with E-state index in [0.29, 0.717) is 5.82 Å². The second-order valence-corrected chi connectivity index (χ2v) is 1.18. The monoisotopic (exact) mass is 99.0 g/mol. The van der Waals surface area contributed by atoms with Crippen molar-refractivity contribution in [2.75, 3.05) is 0 Å². The van der Waals surface area contributed by atoms with Gasteiger partial charge in [0.2, 0.25) is 0 Å². The largest absolute Gasteiger partial charge is 0.339 e. The number of carbonyl (C=O) groups is 1. The maximum atomic E-state index is 10.1. The Labute approximate surface area is 40.6 Å². The van der Waals surface area contributed by atoms with Gasteiger partial charge in [-0.15, -0.1) is 0 Å². The number of carbonyl (C=O) groups excluding carboxylic acids is 1. The van der Waals surface area contributed by atoms with E-state index in [9.17, 15) is 4.79 Å². The molecule has 0 atom stereocenters. The first-order valence-corrected chi connectivity index (χ1v) is 1.81. The third-order valence-corrected chi connectivity index (χ3v) is 0.591. The van der Waals surface area contributed by atoms with Crippen LogP contribution < -0.4 is 16.2 Å². The maximum absolute atomic E-state index is 10.1. The van der Waals surface area contributed by atoms with Gasteiger partial charge in [-0.25, -0.2) is 4.79 Å². The van der Waals surface area contributed by atoms with Crippen LogP contribution in [0.3, 0.4) is 0 Å². The van der Waals surface area contributed by atoms with Gasteiger partial charge < -0.3 is 0 Å². The van der Waals surface area contributed by atoms with Crippen LogP contribution >= 0.6 is 0 Å². The standard InChI is InChI=1S/C3H5N3O/c1-2-4-3(7)6-5-2/h5H,1H2,(H2,4,6,7). The van der Waals surface area contributed by atoms with Crippen molar-refractivity contribution in [1.29, 1.82) is 0 Å². The second kappa shape index (κ2) is 1.14. The van der Waals surface area contributed by atoms with E-state index >= 15 is 0 Å². The van der Waals surface area contributed by atoms with E-state index in [-0.39, 0.29) is 6.03 Å². The van der Waals surface area contributed by atoms with Crippen LogP contribution in [0.2, 0.25) is 0 Å². The number of hydrogen-bond donors (Lipinski definition) is 3. The zero-order valence-corrected chi connectivity index (χ0v) is 3.62. The first kappa shape index (κ1) is 3.98. The average Bonchev–Trinajstić information content (AvgIpc) is 1.87. The van der Waals surface area contributed by atoms with E-state index in [1.807, 2.05) is 0 Å². The molecule has 1 fully saturated rings. The van der Waals surface area contributed by atoms with Gasteiger partial charge in [0.05, 0.1) is 0 Å². The number of urea groups is 1. The van der Waals surface area contributed by atoms with Crippen LogP contribution in [0.1, 0.15) is 0 Å². The Morgan fingerprint density at radius 1 is 1.43 bits per heavy atom. The van der Waals surface area contributed by atoms with Crippen LogP contribution in [0.5, 0.6) is 0 Å². The highest BCUT2D eigenvalue weighted by atomic mass is 16.2. The van der Waals surface area contributed by atoms with Gasteiger partial charge in [-0.05, 0) is 0 Å². The SMILES string of the molecule is C=C1NNC(=O)N1. The summed E-state index contributed by atoms with van der Waals surface area (Å²) in [6, 6.07) is -0.259. The van der Waals surface area contributed by atoms with Gasteiger partial charge >= 0.3 is 6.03 Å². The Morgan fingerprint density at radius 2 is 2.14 bits per heavy atom. The molecule has 0 unspecified atom stereocenters. The molecule has 0 aromatic carbocycles. The molecule has 0 aromatic rings. The van der Waals surface area contributed by atoms with Crippen LogP contribution in [0.4, 0.5) is 4.79 Å². The predicted octanol–water partition coefficient (Wildman–Crippen LogP) is -0.725. The summed E-state index contributed by atoms with van der Waals surface area (Å²) in [4.78, 5) is 10.1. The molecule has 1 saturated heterocycles. The maximum Gasteiger partial charge on any atom is 0.339 e. The summed E-state index contributed by atoms with van der Waals surface area (Å²) in [6.45, 7) is 3.40. The molecule has 38 valence electrons. The fraction of sp³-hybridized carbons (Fsp3) is 0. The first-order valence-electron chi connectivity index (χ1n) is 1.81. The van der Waals surface area contributed by atoms with Gasteiger partial charge in [-0.1, -0.05) is 6.58 Å². The predicted molar refractivity (Wildman–Crippen MR) is 23.9 cm³/mol. The molecular weight excluding hydrogens is 94.1 g/mol. The molecule has 0 aromatic heterocycles. The van der Waals surface area contributed by atoms with Crippen molar-refractivity contribution in [2.45, 2.75) is 0 Å². The van der Waals surface area contributed by atoms with Gasteiger partial charge in [0.1, 0.15) is 5.82 Å². The molecule has 0 spiro atoms. The molecule has 1 aliphatic heterocycles. The summed E-state index contributed by atoms with van der Waals surface area (Å²) >= 11 is 0. The van der Waals surface area contributed by atoms with Crippen LogP contribution in [0, 0.1) is 0 Å². The molecule has 4 nitrogen and oxygen atoms in total. The highest BCUT2D eigenvalue weighted by molar-refractivity contribution is 5.77. The van der Waals surface area contributed by atoms with Crippen molar-refractivity contribution < 1.29 is 4.79 Å². The molecule has 0 aliphatic carbocycles. The quantitative estimate of drug-likeness (QED) is 0.375. The van der Waals surface area contributed by atoms with Crippen molar-refractivity contribution in [1.82, 2.24) is 16.2 Å². The molecule has 1 heterocycles. The minimum atomic E-state index is -0.259. The summed E-state index contributed by atoms with van der Waals surface area (Å²) in [7, 11) is 0. The number of hydrogen-bond acceptors (Lipinski definition) is 2. The minimum Gasteiger partial charge on any atom is -0.292 e. The van der Waals surface area contributed by atoms with E-state index in [4.69, 9.17) is 0 Å². The zero-order valence-electron chi connectivity index (χ0n) is 3.62. The molecule has 4 heteroatoms. The lowest BCUT2D eigenvalue weighted by atomic mass is 10.8. The Morgan fingerprint density at radius 3 is 2.29 bits per heavy atom. The van der Waals surface area contributed by atoms with Crippen LogP contribution in [0.15, 0.2) is 12.4 Å². The Bertz CT molecular complexity index is 105. The summed E-state index contributed by atoms with van der Waals surface area (Å²) < 4.78 is 0. The van der Waals surface area contributed by atoms with Crippen LogP contribution in [0.25, 0.3) is 0 Å². The lowest BCUT2D eigenvalue weighted by Gasteiger charge is -1.85. The van der Waals surface area contributed by atoms with Crippen molar-refractivity contribution in [3.8, 4) is 0 Å². The van der Waals surface area contributed by atoms with Crippen molar-refractivity contribution in [3.63, 3.8) is 0 Å². The molecule has 1 rings (SSSR count). The van der Waals surface area contributed by atoms with Gasteiger partial charge in [-0.3, -0.25) is 16.2 Å². The van der Waals surface area contributed by atoms with E-state index in [0.717, 1.165) is 0 Å². The van der Waals surface area contributed by atoms with Gasteiger partial charge in [0, 0.05) is 0 Å². The smallest absolute Gasteiger partial charge is 0.292 e. The third kappa shape index (κ3) is 0.623. The van der Waals surface area contributed by atoms with Crippen molar-refractivity contribution in [2.24, 2.45) is 0 Å². The van der Waals surface area contributed by atoms with Gasteiger partial charge in [0.15, 0.2) is 0 Å². The zero-order chi connectivity index (χ0) is 5.28. The molecule has 0 bridgehead atoms. The minimum absolute atomic E-state index is 0.259. The fourth-order valence-corrected chi connectivity index (χ4v) is 0.332. The number of amides is 2. The lowest BCUT2D eigenvalue weighted by molar-refractivity contribution is 0.247. The molecule has 0 radical (unpaired) electrons. The summed E-state index contributed by atoms with van der Waals surface area (Å²) in [5.41, 5.74) is 4.73. The Kier molecular flexibility index (Phi) is 0.651. The topological polar surface area (TPSA) is 53.2 Å². The molecule has 0 saturated carbocycles. The molecule has 2 amide bonds. The highest BCUT2D eigenvalue weighted by Gasteiger charge is 2.07. The molecule has 3 N–H and O–H groups in total. The average molecular weight is 99.1 g/mol. The Balaban J connectivity index is 2.55. The highest BCUT2D eigenvalue weighted by Crippen LogP contribution is 1.79. The number of rotatable bonds is 0. The van der Waals surface area contributed by atoms with Crippen molar-refractivity contribution in [3.05, 3.63) is 12.4 Å². The third-order valence-electron chi connectivity index (χ3n) is 0.591. The van der Waals surface area contributed by atoms with E-state index in [1.54, 1.807) is 0 Å². The molecule has 1 aliphatic rings. The Hall–Kier alpha value is -1.19. The fourth-order valence-electron chi connectivity index (χ4n) is 0.332. The van der Waals surface area contributed by atoms with Gasteiger partial charge in [-0.2, -0.15) is 0 Å². The number of hydrazine groups is 1. The second-order valence-electron chi connectivity index (χ2n) is 1.18. The van der Waals surface area contributed by atoms with E-state index in [2.05, 4.69) is 22.7 Å². The number of nitrogens with one attached hydrogen (secondary N) is 3. The van der Waals surface area contributed by atoms with Crippen LogP contribution in [-0.4, -0.2) is 6.03 Å². The van der Waals surface area contributed by atoms with Crippen LogP contribution in [-0.2, 0) is 0 Å². The molecular formula is C3H5N3O. The first-order chi connectivity index (χ1) is 3.29. The summed E-state index contributed by atoms with van der Waals surface area (Å²) in [5.74, 6) is 0.491.